The van der Waals surface area contributed by atoms with Gasteiger partial charge in [-0.1, -0.05) is 64.8 Å². The molecule has 22 atom stereocenters. The normalized spacial score (nSPS) is 52.5. The van der Waals surface area contributed by atoms with Crippen molar-refractivity contribution in [2.75, 3.05) is 13.2 Å². The molecular weight excluding hydrogens is 752 g/mol. The second-order valence-electron chi connectivity index (χ2n) is 19.7. The zero-order chi connectivity index (χ0) is 41.6. The standard InChI is InChI=1S/C44H68O14/c1-8-21(3)33(46)39(51)55-30-19-52-41(38(35(30)48)57-40-37(50)36(49)34(47)23(5)54-40)56-31-16-25(45)15-24-9-10-26-27(43(24,31)7)12-13-42(6)28(26)17-29-32(42)22(4)44(58-29)14-11-20(2)18-53-44/h9,21-23,25-38,40-41,45-50H,2,8,10-19H2,1,3-7H3/t21?,22-,23-,25+,26+,27-,28-,29-,30-,31+,32-,33?,34-,35-,36+,37+,38+,40-,41-,42-,43-,44+/m0/s1. The van der Waals surface area contributed by atoms with Gasteiger partial charge in [0.25, 0.3) is 0 Å². The summed E-state index contributed by atoms with van der Waals surface area (Å²) >= 11 is 0. The minimum Gasteiger partial charge on any atom is -0.455 e. The molecule has 8 aliphatic rings. The van der Waals surface area contributed by atoms with Gasteiger partial charge in [-0.3, -0.25) is 0 Å². The molecule has 0 aromatic rings. The van der Waals surface area contributed by atoms with Gasteiger partial charge < -0.3 is 63.8 Å². The summed E-state index contributed by atoms with van der Waals surface area (Å²) in [6.07, 6.45) is -5.86. The second-order valence-corrected chi connectivity index (χ2v) is 19.7. The molecule has 328 valence electrons. The molecule has 0 aromatic carbocycles. The summed E-state index contributed by atoms with van der Waals surface area (Å²) in [7, 11) is 0. The maximum atomic E-state index is 13.0. The highest BCUT2D eigenvalue weighted by atomic mass is 16.8. The lowest BCUT2D eigenvalue weighted by atomic mass is 9.46. The number of allylic oxidation sites excluding steroid dienone is 1. The summed E-state index contributed by atoms with van der Waals surface area (Å²) in [6.45, 7) is 16.5. The molecule has 1 spiro atoms. The number of rotatable bonds is 8. The van der Waals surface area contributed by atoms with Crippen LogP contribution in [0.25, 0.3) is 0 Å². The zero-order valence-electron chi connectivity index (χ0n) is 35.0. The molecule has 14 heteroatoms. The predicted octanol–water partition coefficient (Wildman–Crippen LogP) is 2.88. The van der Waals surface area contributed by atoms with Gasteiger partial charge in [0.05, 0.1) is 37.6 Å². The number of aliphatic hydroxyl groups is 6. The van der Waals surface area contributed by atoms with Gasteiger partial charge in [-0.05, 0) is 80.5 Å². The van der Waals surface area contributed by atoms with Crippen molar-refractivity contribution in [1.82, 2.24) is 0 Å². The largest absolute Gasteiger partial charge is 0.455 e. The fraction of sp³-hybridized carbons (Fsp3) is 0.886. The molecule has 14 nitrogen and oxygen atoms in total. The van der Waals surface area contributed by atoms with Crippen LogP contribution in [0, 0.1) is 46.3 Å². The third kappa shape index (κ3) is 6.97. The lowest BCUT2D eigenvalue weighted by Gasteiger charge is -2.60. The van der Waals surface area contributed by atoms with E-state index in [1.54, 1.807) is 6.92 Å². The topological polar surface area (TPSA) is 203 Å². The maximum Gasteiger partial charge on any atom is 0.335 e. The SMILES string of the molecule is C=C1CC[C@@]2(OC1)O[C@H]1C[C@H]3[C@@H]4CC=C5C[C@@H](O)C[C@@H](O[C@@H]6OC[C@H](OC(=O)C(O)C(C)CC)[C@H](O)[C@H]6O[C@@H]6O[C@@H](C)[C@H](O)[C@@H](O)[C@H]6O)[C@]5(C)[C@H]4CC[C@]3(C)[C@H]1[C@@H]2C. The highest BCUT2D eigenvalue weighted by Gasteiger charge is 2.69. The number of carbonyl (C=O) groups excluding carboxylic acids is 1. The van der Waals surface area contributed by atoms with Crippen molar-refractivity contribution >= 4 is 5.97 Å². The summed E-state index contributed by atoms with van der Waals surface area (Å²) in [5.74, 6) is -0.219. The summed E-state index contributed by atoms with van der Waals surface area (Å²) in [6, 6.07) is 0. The van der Waals surface area contributed by atoms with Crippen molar-refractivity contribution < 1.29 is 68.6 Å². The van der Waals surface area contributed by atoms with E-state index >= 15 is 0 Å². The van der Waals surface area contributed by atoms with Crippen molar-refractivity contribution in [2.45, 2.75) is 185 Å². The van der Waals surface area contributed by atoms with Crippen LogP contribution in [0.1, 0.15) is 99.3 Å². The Morgan fingerprint density at radius 3 is 2.47 bits per heavy atom. The fourth-order valence-electron chi connectivity index (χ4n) is 13.0. The number of hydrogen-bond acceptors (Lipinski definition) is 14. The molecule has 0 bridgehead atoms. The third-order valence-electron chi connectivity index (χ3n) is 16.7. The van der Waals surface area contributed by atoms with Crippen LogP contribution in [0.15, 0.2) is 23.8 Å². The van der Waals surface area contributed by atoms with Crippen molar-refractivity contribution in [3.8, 4) is 0 Å². The molecule has 3 saturated carbocycles. The molecule has 4 aliphatic heterocycles. The van der Waals surface area contributed by atoms with Crippen LogP contribution in [0.4, 0.5) is 0 Å². The fourth-order valence-corrected chi connectivity index (χ4v) is 13.0. The van der Waals surface area contributed by atoms with Gasteiger partial charge in [0, 0.05) is 24.2 Å². The van der Waals surface area contributed by atoms with Crippen LogP contribution < -0.4 is 0 Å². The van der Waals surface area contributed by atoms with Crippen LogP contribution >= 0.6 is 0 Å². The van der Waals surface area contributed by atoms with Gasteiger partial charge >= 0.3 is 5.97 Å². The molecule has 0 amide bonds. The molecule has 6 N–H and O–H groups in total. The Balaban J connectivity index is 1.05. The molecule has 0 radical (unpaired) electrons. The minimum absolute atomic E-state index is 0.0688. The Morgan fingerprint density at radius 1 is 1.00 bits per heavy atom. The van der Waals surface area contributed by atoms with Crippen molar-refractivity contribution in [1.29, 1.82) is 0 Å². The highest BCUT2D eigenvalue weighted by Crippen LogP contribution is 2.71. The number of aliphatic hydroxyl groups excluding tert-OH is 6. The number of carbonyl (C=O) groups is 1. The third-order valence-corrected chi connectivity index (χ3v) is 16.7. The maximum absolute atomic E-state index is 13.0. The molecule has 7 fully saturated rings. The average Bonchev–Trinajstić information content (AvgIpc) is 3.64. The molecule has 58 heavy (non-hydrogen) atoms. The molecule has 4 heterocycles. The van der Waals surface area contributed by atoms with Crippen LogP contribution in [0.5, 0.6) is 0 Å². The summed E-state index contributed by atoms with van der Waals surface area (Å²) in [4.78, 5) is 13.0. The minimum atomic E-state index is -1.69. The van der Waals surface area contributed by atoms with E-state index in [1.165, 1.54) is 6.92 Å². The molecule has 8 rings (SSSR count). The van der Waals surface area contributed by atoms with Crippen molar-refractivity contribution in [3.05, 3.63) is 23.8 Å². The van der Waals surface area contributed by atoms with Crippen LogP contribution in [0.2, 0.25) is 0 Å². The molecule has 4 aliphatic carbocycles. The van der Waals surface area contributed by atoms with Gasteiger partial charge in [-0.2, -0.15) is 0 Å². The summed E-state index contributed by atoms with van der Waals surface area (Å²) in [5.41, 5.74) is 1.84. The molecule has 4 saturated heterocycles. The average molecular weight is 821 g/mol. The smallest absolute Gasteiger partial charge is 0.335 e. The van der Waals surface area contributed by atoms with Crippen LogP contribution in [-0.2, 0) is 38.0 Å². The van der Waals surface area contributed by atoms with Gasteiger partial charge in [-0.15, -0.1) is 0 Å². The van der Waals surface area contributed by atoms with E-state index in [1.807, 2.05) is 6.92 Å². The number of esters is 1. The van der Waals surface area contributed by atoms with Gasteiger partial charge in [0.15, 0.2) is 30.6 Å². The summed E-state index contributed by atoms with van der Waals surface area (Å²) < 4.78 is 44.2. The van der Waals surface area contributed by atoms with Gasteiger partial charge in [0.2, 0.25) is 0 Å². The van der Waals surface area contributed by atoms with Crippen molar-refractivity contribution in [2.24, 2.45) is 46.3 Å². The predicted molar refractivity (Wildman–Crippen MR) is 206 cm³/mol. The molecule has 0 aromatic heterocycles. The van der Waals surface area contributed by atoms with E-state index in [2.05, 4.69) is 33.4 Å². The molecular formula is C44H68O14. The second kappa shape index (κ2) is 16.0. The van der Waals surface area contributed by atoms with Crippen molar-refractivity contribution in [3.63, 3.8) is 0 Å². The van der Waals surface area contributed by atoms with E-state index < -0.39 is 96.7 Å². The lowest BCUT2D eigenvalue weighted by Crippen LogP contribution is -2.64. The Kier molecular flexibility index (Phi) is 11.9. The lowest BCUT2D eigenvalue weighted by molar-refractivity contribution is -0.363. The van der Waals surface area contributed by atoms with Gasteiger partial charge in [0.1, 0.15) is 30.5 Å². The first kappa shape index (κ1) is 43.1. The Labute approximate surface area is 342 Å². The Hall–Kier alpha value is -1.53. The monoisotopic (exact) mass is 820 g/mol. The molecule has 2 unspecified atom stereocenters. The number of ether oxygens (including phenoxy) is 7. The first-order valence-corrected chi connectivity index (χ1v) is 22.0. The highest BCUT2D eigenvalue weighted by molar-refractivity contribution is 5.75. The van der Waals surface area contributed by atoms with E-state index in [0.717, 1.165) is 49.7 Å². The zero-order valence-corrected chi connectivity index (χ0v) is 35.0. The Morgan fingerprint density at radius 2 is 1.76 bits per heavy atom. The first-order valence-electron chi connectivity index (χ1n) is 22.0. The van der Waals surface area contributed by atoms with Gasteiger partial charge in [-0.25, -0.2) is 4.79 Å². The first-order chi connectivity index (χ1) is 27.4. The Bertz CT molecular complexity index is 1560. The quantitative estimate of drug-likeness (QED) is 0.154. The van der Waals surface area contributed by atoms with E-state index in [-0.39, 0.29) is 30.0 Å². The van der Waals surface area contributed by atoms with E-state index in [9.17, 15) is 35.4 Å². The number of fused-ring (bicyclic) bond motifs is 7. The van der Waals surface area contributed by atoms with Crippen LogP contribution in [-0.4, -0.2) is 135 Å². The number of hydrogen-bond donors (Lipinski definition) is 6. The van der Waals surface area contributed by atoms with E-state index in [0.29, 0.717) is 43.6 Å². The van der Waals surface area contributed by atoms with Crippen LogP contribution in [0.3, 0.4) is 0 Å². The summed E-state index contributed by atoms with van der Waals surface area (Å²) in [5, 5.41) is 65.6. The van der Waals surface area contributed by atoms with E-state index in [4.69, 9.17) is 33.2 Å².